The van der Waals surface area contributed by atoms with E-state index in [0.717, 1.165) is 31.7 Å². The Hall–Kier alpha value is -0.353. The molecule has 0 aromatic carbocycles. The molecule has 0 aromatic rings. The van der Waals surface area contributed by atoms with Crippen molar-refractivity contribution in [3.63, 3.8) is 0 Å². The first kappa shape index (κ1) is 24.7. The van der Waals surface area contributed by atoms with Crippen LogP contribution in [0, 0.1) is 17.8 Å². The molecular weight excluding hydrogens is 350 g/mol. The van der Waals surface area contributed by atoms with Crippen molar-refractivity contribution in [1.82, 2.24) is 5.32 Å². The van der Waals surface area contributed by atoms with Gasteiger partial charge in [-0.3, -0.25) is 4.79 Å². The van der Waals surface area contributed by atoms with E-state index in [2.05, 4.69) is 60.0 Å². The summed E-state index contributed by atoms with van der Waals surface area (Å²) in [5.41, 5.74) is 0. The van der Waals surface area contributed by atoms with E-state index in [9.17, 15) is 4.79 Å². The van der Waals surface area contributed by atoms with Gasteiger partial charge in [0.1, 0.15) is 0 Å². The maximum Gasteiger partial charge on any atom is 0.225 e. The fourth-order valence-corrected chi connectivity index (χ4v) is 5.23. The van der Waals surface area contributed by atoms with Crippen LogP contribution < -0.4 is 5.32 Å². The molecule has 0 aromatic heterocycles. The Morgan fingerprint density at radius 3 is 2.26 bits per heavy atom. The Kier molecular flexibility index (Phi) is 10.0. The van der Waals surface area contributed by atoms with Crippen molar-refractivity contribution in [2.75, 3.05) is 6.54 Å². The number of nitrogens with one attached hydrogen (secondary N) is 1. The molecule has 1 heterocycles. The van der Waals surface area contributed by atoms with Crippen molar-refractivity contribution in [2.45, 2.75) is 117 Å². The highest BCUT2D eigenvalue weighted by atomic mass is 28.4. The third-order valence-electron chi connectivity index (χ3n) is 7.14. The number of hydrogen-bond donors (Lipinski definition) is 1. The molecule has 0 spiro atoms. The topological polar surface area (TPSA) is 38.3 Å². The maximum atomic E-state index is 12.8. The van der Waals surface area contributed by atoms with Gasteiger partial charge in [0.05, 0.1) is 12.0 Å². The molecule has 0 bridgehead atoms. The fourth-order valence-electron chi connectivity index (χ4n) is 3.80. The van der Waals surface area contributed by atoms with Crippen LogP contribution in [0.25, 0.3) is 0 Å². The van der Waals surface area contributed by atoms with Gasteiger partial charge in [-0.1, -0.05) is 67.2 Å². The quantitative estimate of drug-likeness (QED) is 0.549. The summed E-state index contributed by atoms with van der Waals surface area (Å²) >= 11 is 0. The van der Waals surface area contributed by atoms with Crippen LogP contribution in [0.3, 0.4) is 0 Å². The second-order valence-corrected chi connectivity index (χ2v) is 15.3. The summed E-state index contributed by atoms with van der Waals surface area (Å²) in [5.74, 6) is 1.64. The van der Waals surface area contributed by atoms with Gasteiger partial charge >= 0.3 is 0 Å². The molecule has 0 aliphatic carbocycles. The number of carbonyl (C=O) groups is 1. The molecule has 27 heavy (non-hydrogen) atoms. The fraction of sp³-hybridized carbons (Fsp3) is 0.957. The van der Waals surface area contributed by atoms with Gasteiger partial charge in [-0.05, 0) is 55.7 Å². The van der Waals surface area contributed by atoms with Crippen molar-refractivity contribution >= 4 is 14.2 Å². The number of amides is 1. The summed E-state index contributed by atoms with van der Waals surface area (Å²) in [6, 6.07) is 0. The van der Waals surface area contributed by atoms with Gasteiger partial charge in [0.15, 0.2) is 8.32 Å². The highest BCUT2D eigenvalue weighted by molar-refractivity contribution is 6.74. The molecule has 4 atom stereocenters. The Morgan fingerprint density at radius 1 is 1.04 bits per heavy atom. The molecule has 1 N–H and O–H groups in total. The Morgan fingerprint density at radius 2 is 1.67 bits per heavy atom. The summed E-state index contributed by atoms with van der Waals surface area (Å²) in [6.45, 7) is 19.0. The number of rotatable bonds is 3. The molecule has 1 rings (SSSR count). The molecule has 0 saturated carbocycles. The number of hydrogen-bond acceptors (Lipinski definition) is 2. The third kappa shape index (κ3) is 8.27. The largest absolute Gasteiger partial charge is 0.413 e. The van der Waals surface area contributed by atoms with Crippen LogP contribution in [-0.2, 0) is 9.22 Å². The molecule has 2 unspecified atom stereocenters. The average Bonchev–Trinajstić information content (AvgIpc) is 2.57. The van der Waals surface area contributed by atoms with Crippen LogP contribution >= 0.6 is 0 Å². The molecule has 1 aliphatic rings. The predicted molar refractivity (Wildman–Crippen MR) is 120 cm³/mol. The van der Waals surface area contributed by atoms with Crippen LogP contribution in [0.4, 0.5) is 0 Å². The third-order valence-corrected chi connectivity index (χ3v) is 11.6. The second kappa shape index (κ2) is 11.0. The highest BCUT2D eigenvalue weighted by Gasteiger charge is 2.41. The zero-order valence-electron chi connectivity index (χ0n) is 19.5. The van der Waals surface area contributed by atoms with Gasteiger partial charge < -0.3 is 9.74 Å². The van der Waals surface area contributed by atoms with Crippen molar-refractivity contribution < 1.29 is 9.22 Å². The van der Waals surface area contributed by atoms with Crippen LogP contribution in [0.2, 0.25) is 18.1 Å². The van der Waals surface area contributed by atoms with Crippen LogP contribution in [-0.4, -0.2) is 26.9 Å². The van der Waals surface area contributed by atoms with E-state index in [1.165, 1.54) is 32.1 Å². The van der Waals surface area contributed by atoms with Crippen molar-refractivity contribution in [3.8, 4) is 0 Å². The van der Waals surface area contributed by atoms with Gasteiger partial charge in [-0.15, -0.1) is 0 Å². The molecule has 1 aliphatic heterocycles. The number of carbonyl (C=O) groups excluding carboxylic acids is 1. The molecule has 4 heteroatoms. The normalized spacial score (nSPS) is 30.4. The summed E-state index contributed by atoms with van der Waals surface area (Å²) in [7, 11) is -1.89. The minimum Gasteiger partial charge on any atom is -0.413 e. The van der Waals surface area contributed by atoms with Gasteiger partial charge in [0, 0.05) is 6.54 Å². The van der Waals surface area contributed by atoms with Crippen molar-refractivity contribution in [2.24, 2.45) is 17.8 Å². The maximum absolute atomic E-state index is 12.8. The lowest BCUT2D eigenvalue weighted by atomic mass is 9.89. The monoisotopic (exact) mass is 397 g/mol. The summed E-state index contributed by atoms with van der Waals surface area (Å²) in [5, 5.41) is 3.36. The van der Waals surface area contributed by atoms with E-state index in [4.69, 9.17) is 4.43 Å². The van der Waals surface area contributed by atoms with Gasteiger partial charge in [-0.25, -0.2) is 0 Å². The minimum atomic E-state index is -1.89. The first-order valence-corrected chi connectivity index (χ1v) is 14.3. The van der Waals surface area contributed by atoms with E-state index < -0.39 is 8.32 Å². The molecule has 1 saturated heterocycles. The minimum absolute atomic E-state index is 0.0414. The smallest absolute Gasteiger partial charge is 0.225 e. The van der Waals surface area contributed by atoms with Gasteiger partial charge in [0.2, 0.25) is 5.91 Å². The van der Waals surface area contributed by atoms with Gasteiger partial charge in [-0.2, -0.15) is 0 Å². The lowest BCUT2D eigenvalue weighted by Gasteiger charge is -2.41. The average molecular weight is 398 g/mol. The first-order chi connectivity index (χ1) is 12.5. The first-order valence-electron chi connectivity index (χ1n) is 11.4. The summed E-state index contributed by atoms with van der Waals surface area (Å²) in [6.07, 6.45) is 9.80. The van der Waals surface area contributed by atoms with Crippen LogP contribution in [0.5, 0.6) is 0 Å². The Bertz CT molecular complexity index is 444. The molecule has 3 nitrogen and oxygen atoms in total. The summed E-state index contributed by atoms with van der Waals surface area (Å²) < 4.78 is 6.75. The van der Waals surface area contributed by atoms with Crippen LogP contribution in [0.1, 0.15) is 92.9 Å². The van der Waals surface area contributed by atoms with Crippen LogP contribution in [0.15, 0.2) is 0 Å². The summed E-state index contributed by atoms with van der Waals surface area (Å²) in [4.78, 5) is 12.8. The Balaban J connectivity index is 2.86. The zero-order chi connectivity index (χ0) is 20.7. The highest BCUT2D eigenvalue weighted by Crippen LogP contribution is 2.39. The SMILES string of the molecule is CCC1CCCNC(=O)[C@H](C)C(O[Si](C)(C)C(C)(C)C)CC[C@H](C)CCC1. The van der Waals surface area contributed by atoms with Gasteiger partial charge in [0.25, 0.3) is 0 Å². The molecular formula is C23H47NO2Si. The lowest BCUT2D eigenvalue weighted by molar-refractivity contribution is -0.127. The predicted octanol–water partition coefficient (Wildman–Crippen LogP) is 6.54. The van der Waals surface area contributed by atoms with E-state index in [-0.39, 0.29) is 23.0 Å². The molecule has 1 amide bonds. The zero-order valence-corrected chi connectivity index (χ0v) is 20.5. The molecule has 160 valence electrons. The van der Waals surface area contributed by atoms with E-state index in [1.54, 1.807) is 0 Å². The second-order valence-electron chi connectivity index (χ2n) is 10.5. The Labute approximate surface area is 170 Å². The molecule has 0 radical (unpaired) electrons. The van der Waals surface area contributed by atoms with Crippen molar-refractivity contribution in [3.05, 3.63) is 0 Å². The van der Waals surface area contributed by atoms with E-state index in [0.29, 0.717) is 5.92 Å². The lowest BCUT2D eigenvalue weighted by Crippen LogP contribution is -2.48. The van der Waals surface area contributed by atoms with E-state index >= 15 is 0 Å². The standard InChI is InChI=1S/C23H47NO2Si/c1-9-20-13-10-12-18(2)15-16-21(26-27(7,8)23(4,5)6)19(3)22(25)24-17-11-14-20/h18-21H,9-17H2,1-8H3,(H,24,25)/t18-,19-,20?,21?/m1/s1. The van der Waals surface area contributed by atoms with Crippen molar-refractivity contribution in [1.29, 1.82) is 0 Å². The van der Waals surface area contributed by atoms with E-state index in [1.807, 2.05) is 0 Å². The molecule has 1 fully saturated rings.